The minimum absolute atomic E-state index is 0.510. The lowest BCUT2D eigenvalue weighted by Crippen LogP contribution is -2.15. The van der Waals surface area contributed by atoms with Gasteiger partial charge in [0.25, 0.3) is 0 Å². The van der Waals surface area contributed by atoms with E-state index in [1.807, 2.05) is 6.92 Å². The van der Waals surface area contributed by atoms with Crippen molar-refractivity contribution in [3.05, 3.63) is 18.1 Å². The second-order valence-electron chi connectivity index (χ2n) is 3.57. The summed E-state index contributed by atoms with van der Waals surface area (Å²) in [5.41, 5.74) is 0.926. The van der Waals surface area contributed by atoms with Crippen molar-refractivity contribution in [2.45, 2.75) is 26.8 Å². The van der Waals surface area contributed by atoms with Crippen molar-refractivity contribution >= 4 is 0 Å². The van der Waals surface area contributed by atoms with Crippen molar-refractivity contribution in [2.75, 3.05) is 26.4 Å². The van der Waals surface area contributed by atoms with Crippen LogP contribution in [0.5, 0.6) is 5.88 Å². The normalized spacial score (nSPS) is 10.5. The molecule has 0 spiro atoms. The summed E-state index contributed by atoms with van der Waals surface area (Å²) < 4.78 is 10.5. The summed E-state index contributed by atoms with van der Waals surface area (Å²) in [4.78, 5) is 8.43. The highest BCUT2D eigenvalue weighted by Gasteiger charge is 1.98. The predicted molar refractivity (Wildman–Crippen MR) is 66.0 cm³/mol. The average Bonchev–Trinajstić information content (AvgIpc) is 2.37. The van der Waals surface area contributed by atoms with Crippen LogP contribution in [0.3, 0.4) is 0 Å². The van der Waals surface area contributed by atoms with E-state index in [0.717, 1.165) is 25.2 Å². The van der Waals surface area contributed by atoms with E-state index in [1.54, 1.807) is 12.4 Å². The lowest BCUT2D eigenvalue weighted by molar-refractivity contribution is 0.108. The van der Waals surface area contributed by atoms with Gasteiger partial charge in [0.15, 0.2) is 0 Å². The Morgan fingerprint density at radius 2 is 2.06 bits per heavy atom. The molecule has 0 amide bonds. The third-order valence-electron chi connectivity index (χ3n) is 2.10. The first kappa shape index (κ1) is 13.9. The molecule has 5 nitrogen and oxygen atoms in total. The maximum Gasteiger partial charge on any atom is 0.232 e. The Hall–Kier alpha value is -1.20. The summed E-state index contributed by atoms with van der Waals surface area (Å²) in [6, 6.07) is 0. The molecule has 0 saturated carbocycles. The van der Waals surface area contributed by atoms with E-state index in [1.165, 1.54) is 0 Å². The van der Waals surface area contributed by atoms with E-state index in [2.05, 4.69) is 22.2 Å². The van der Waals surface area contributed by atoms with E-state index in [4.69, 9.17) is 9.47 Å². The van der Waals surface area contributed by atoms with Gasteiger partial charge in [0.05, 0.1) is 24.7 Å². The Balaban J connectivity index is 2.24. The third-order valence-corrected chi connectivity index (χ3v) is 2.10. The van der Waals surface area contributed by atoms with Gasteiger partial charge in [-0.3, -0.25) is 4.98 Å². The molecule has 1 aromatic heterocycles. The lowest BCUT2D eigenvalue weighted by atomic mass is 10.4. The van der Waals surface area contributed by atoms with Crippen molar-refractivity contribution in [1.29, 1.82) is 0 Å². The highest BCUT2D eigenvalue weighted by atomic mass is 16.5. The van der Waals surface area contributed by atoms with E-state index in [9.17, 15) is 0 Å². The van der Waals surface area contributed by atoms with Crippen LogP contribution in [0.1, 0.15) is 26.0 Å². The number of ether oxygens (including phenoxy) is 2. The molecule has 0 fully saturated rings. The molecule has 0 aliphatic rings. The Morgan fingerprint density at radius 3 is 2.71 bits per heavy atom. The molecule has 0 aliphatic carbocycles. The smallest absolute Gasteiger partial charge is 0.232 e. The van der Waals surface area contributed by atoms with Gasteiger partial charge in [0.1, 0.15) is 6.61 Å². The van der Waals surface area contributed by atoms with Crippen molar-refractivity contribution in [3.63, 3.8) is 0 Å². The number of hydrogen-bond acceptors (Lipinski definition) is 5. The van der Waals surface area contributed by atoms with Gasteiger partial charge >= 0.3 is 0 Å². The first-order valence-corrected chi connectivity index (χ1v) is 6.09. The zero-order valence-corrected chi connectivity index (χ0v) is 10.6. The molecular formula is C12H21N3O2. The van der Waals surface area contributed by atoms with Crippen LogP contribution in [0, 0.1) is 0 Å². The zero-order valence-electron chi connectivity index (χ0n) is 10.6. The van der Waals surface area contributed by atoms with Crippen molar-refractivity contribution in [1.82, 2.24) is 15.3 Å². The van der Waals surface area contributed by atoms with Crippen molar-refractivity contribution in [2.24, 2.45) is 0 Å². The molecular weight excluding hydrogens is 218 g/mol. The van der Waals surface area contributed by atoms with Crippen LogP contribution >= 0.6 is 0 Å². The maximum absolute atomic E-state index is 5.37. The zero-order chi connectivity index (χ0) is 12.3. The highest BCUT2D eigenvalue weighted by Crippen LogP contribution is 2.03. The molecule has 0 aromatic carbocycles. The van der Waals surface area contributed by atoms with E-state index >= 15 is 0 Å². The number of aromatic nitrogens is 2. The quantitative estimate of drug-likeness (QED) is 0.660. The fourth-order valence-electron chi connectivity index (χ4n) is 1.25. The van der Waals surface area contributed by atoms with Crippen LogP contribution in [-0.4, -0.2) is 36.3 Å². The van der Waals surface area contributed by atoms with Gasteiger partial charge in [-0.05, 0) is 19.9 Å². The van der Waals surface area contributed by atoms with Crippen LogP contribution in [-0.2, 0) is 11.3 Å². The van der Waals surface area contributed by atoms with Gasteiger partial charge in [0.2, 0.25) is 5.88 Å². The molecule has 0 saturated heterocycles. The molecule has 0 atom stereocenters. The number of hydrogen-bond donors (Lipinski definition) is 1. The van der Waals surface area contributed by atoms with Crippen molar-refractivity contribution in [3.8, 4) is 5.88 Å². The number of nitrogens with zero attached hydrogens (tertiary/aromatic N) is 2. The fraction of sp³-hybridized carbons (Fsp3) is 0.667. The summed E-state index contributed by atoms with van der Waals surface area (Å²) >= 11 is 0. The van der Waals surface area contributed by atoms with Crippen LogP contribution in [0.4, 0.5) is 0 Å². The molecule has 0 aliphatic heterocycles. The van der Waals surface area contributed by atoms with Gasteiger partial charge in [-0.15, -0.1) is 0 Å². The monoisotopic (exact) mass is 239 g/mol. The summed E-state index contributed by atoms with van der Waals surface area (Å²) in [7, 11) is 0. The number of nitrogens with one attached hydrogen (secondary N) is 1. The predicted octanol–water partition coefficient (Wildman–Crippen LogP) is 1.39. The first-order chi connectivity index (χ1) is 8.36. The molecule has 1 N–H and O–H groups in total. The lowest BCUT2D eigenvalue weighted by Gasteiger charge is -2.06. The van der Waals surface area contributed by atoms with Crippen LogP contribution in [0.15, 0.2) is 12.4 Å². The van der Waals surface area contributed by atoms with E-state index < -0.39 is 0 Å². The summed E-state index contributed by atoms with van der Waals surface area (Å²) in [5, 5.41) is 3.27. The van der Waals surface area contributed by atoms with Crippen LogP contribution < -0.4 is 10.1 Å². The number of rotatable bonds is 9. The SMILES string of the molecule is CCCNCc1cnc(OCCOCC)cn1. The summed E-state index contributed by atoms with van der Waals surface area (Å²) in [6.45, 7) is 7.63. The molecule has 1 rings (SSSR count). The van der Waals surface area contributed by atoms with Gasteiger partial charge in [-0.25, -0.2) is 4.98 Å². The van der Waals surface area contributed by atoms with Crippen LogP contribution in [0.25, 0.3) is 0 Å². The van der Waals surface area contributed by atoms with E-state index in [-0.39, 0.29) is 0 Å². The van der Waals surface area contributed by atoms with Gasteiger partial charge in [0, 0.05) is 13.2 Å². The second-order valence-corrected chi connectivity index (χ2v) is 3.57. The first-order valence-electron chi connectivity index (χ1n) is 6.09. The summed E-state index contributed by atoms with van der Waals surface area (Å²) in [6.07, 6.45) is 4.50. The topological polar surface area (TPSA) is 56.3 Å². The van der Waals surface area contributed by atoms with Gasteiger partial charge in [-0.1, -0.05) is 6.92 Å². The molecule has 0 unspecified atom stereocenters. The third kappa shape index (κ3) is 6.19. The Morgan fingerprint density at radius 1 is 1.18 bits per heavy atom. The maximum atomic E-state index is 5.37. The fourth-order valence-corrected chi connectivity index (χ4v) is 1.25. The second kappa shape index (κ2) is 8.90. The Bertz CT molecular complexity index is 290. The molecule has 0 bridgehead atoms. The van der Waals surface area contributed by atoms with Crippen LogP contribution in [0.2, 0.25) is 0 Å². The molecule has 96 valence electrons. The Kier molecular flexibility index (Phi) is 7.25. The molecule has 5 heteroatoms. The average molecular weight is 239 g/mol. The van der Waals surface area contributed by atoms with Gasteiger partial charge < -0.3 is 14.8 Å². The minimum Gasteiger partial charge on any atom is -0.474 e. The van der Waals surface area contributed by atoms with E-state index in [0.29, 0.717) is 25.7 Å². The Labute approximate surface area is 103 Å². The highest BCUT2D eigenvalue weighted by molar-refractivity contribution is 5.06. The summed E-state index contributed by atoms with van der Waals surface area (Å²) in [5.74, 6) is 0.545. The van der Waals surface area contributed by atoms with Crippen molar-refractivity contribution < 1.29 is 9.47 Å². The largest absolute Gasteiger partial charge is 0.474 e. The molecule has 1 heterocycles. The minimum atomic E-state index is 0.510. The van der Waals surface area contributed by atoms with Gasteiger partial charge in [-0.2, -0.15) is 0 Å². The molecule has 17 heavy (non-hydrogen) atoms. The molecule has 0 radical (unpaired) electrons. The standard InChI is InChI=1S/C12H21N3O2/c1-3-5-13-8-11-9-15-12(10-14-11)17-7-6-16-4-2/h9-10,13H,3-8H2,1-2H3. The molecule has 1 aromatic rings.